The Morgan fingerprint density at radius 2 is 1.81 bits per heavy atom. The third-order valence-corrected chi connectivity index (χ3v) is 3.21. The summed E-state index contributed by atoms with van der Waals surface area (Å²) in [6.07, 6.45) is -8.39. The Bertz CT molecular complexity index is 811. The molecule has 0 bridgehead atoms. The fraction of sp³-hybridized carbons (Fsp3) is 0.214. The first-order chi connectivity index (χ1) is 12.4. The average molecular weight is 459 g/mol. The van der Waals surface area contributed by atoms with Crippen molar-refractivity contribution in [1.82, 2.24) is 9.97 Å². The first kappa shape index (κ1) is 20.7. The minimum absolute atomic E-state index is 0.219. The number of carbonyl (C=O) groups excluding carboxylic acids is 1. The summed E-state index contributed by atoms with van der Waals surface area (Å²) >= 11 is 3.08. The predicted octanol–water partition coefficient (Wildman–Crippen LogP) is 4.84. The van der Waals surface area contributed by atoms with Gasteiger partial charge in [-0.25, -0.2) is 9.78 Å². The lowest BCUT2D eigenvalue weighted by atomic mass is 10.2. The van der Waals surface area contributed by atoms with Gasteiger partial charge in [-0.3, -0.25) is 5.32 Å². The van der Waals surface area contributed by atoms with Gasteiger partial charge in [-0.05, 0) is 34.1 Å². The Labute approximate surface area is 156 Å². The number of urea groups is 1. The Kier molecular flexibility index (Phi) is 6.13. The minimum atomic E-state index is -4.89. The molecule has 0 fully saturated rings. The van der Waals surface area contributed by atoms with Crippen LogP contribution in [-0.2, 0) is 6.18 Å². The molecule has 0 aliphatic rings. The molecule has 0 radical (unpaired) electrons. The third kappa shape index (κ3) is 6.92. The molecular formula is C14H9BrF6N4O2. The number of hydrogen-bond donors (Lipinski definition) is 2. The maximum Gasteiger partial charge on any atom is 0.422 e. The van der Waals surface area contributed by atoms with Crippen LogP contribution in [0.2, 0.25) is 0 Å². The summed E-state index contributed by atoms with van der Waals surface area (Å²) in [4.78, 5) is 19.1. The highest BCUT2D eigenvalue weighted by Crippen LogP contribution is 2.33. The van der Waals surface area contributed by atoms with Gasteiger partial charge in [0.2, 0.25) is 5.88 Å². The second-order valence-electron chi connectivity index (χ2n) is 4.93. The van der Waals surface area contributed by atoms with Gasteiger partial charge in [0.15, 0.2) is 6.61 Å². The molecule has 0 aliphatic heterocycles. The highest BCUT2D eigenvalue weighted by atomic mass is 79.9. The molecular weight excluding hydrogens is 450 g/mol. The van der Waals surface area contributed by atoms with E-state index in [1.54, 1.807) is 0 Å². The summed E-state index contributed by atoms with van der Waals surface area (Å²) in [5, 5.41) is 4.27. The fourth-order valence-corrected chi connectivity index (χ4v) is 1.93. The summed E-state index contributed by atoms with van der Waals surface area (Å²) in [7, 11) is 0. The number of pyridine rings is 2. The van der Waals surface area contributed by atoms with Crippen LogP contribution in [0, 0.1) is 0 Å². The maximum absolute atomic E-state index is 12.9. The number of ether oxygens (including phenoxy) is 1. The number of alkyl halides is 6. The lowest BCUT2D eigenvalue weighted by Gasteiger charge is -2.14. The van der Waals surface area contributed by atoms with Crippen molar-refractivity contribution >= 4 is 33.5 Å². The smallest absolute Gasteiger partial charge is 0.422 e. The molecule has 2 amide bonds. The number of aromatic nitrogens is 2. The van der Waals surface area contributed by atoms with Gasteiger partial charge in [-0.15, -0.1) is 0 Å². The monoisotopic (exact) mass is 458 g/mol. The zero-order valence-corrected chi connectivity index (χ0v) is 14.5. The van der Waals surface area contributed by atoms with Gasteiger partial charge in [0.05, 0.1) is 17.4 Å². The molecule has 146 valence electrons. The quantitative estimate of drug-likeness (QED) is 0.507. The zero-order valence-electron chi connectivity index (χ0n) is 13.0. The number of amides is 2. The van der Waals surface area contributed by atoms with Gasteiger partial charge in [-0.1, -0.05) is 0 Å². The van der Waals surface area contributed by atoms with Gasteiger partial charge in [0, 0.05) is 6.07 Å². The van der Waals surface area contributed by atoms with Gasteiger partial charge in [0.1, 0.15) is 10.4 Å². The Balaban J connectivity index is 2.18. The standard InChI is InChI=1S/C14H9BrF6N4O2/c15-9-2-1-8(5-22-9)23-12(26)25-10-3-7(14(19,20)21)4-11(24-10)27-6-13(16,17)18/h1-5H,6H2,(H2,23,24,25,26). The van der Waals surface area contributed by atoms with Gasteiger partial charge in [-0.2, -0.15) is 31.3 Å². The van der Waals surface area contributed by atoms with Gasteiger partial charge in [0.25, 0.3) is 0 Å². The summed E-state index contributed by atoms with van der Waals surface area (Å²) in [6, 6.07) is 2.73. The van der Waals surface area contributed by atoms with Crippen LogP contribution in [-0.4, -0.2) is 28.8 Å². The van der Waals surface area contributed by atoms with Crippen LogP contribution in [0.15, 0.2) is 35.1 Å². The highest BCUT2D eigenvalue weighted by Gasteiger charge is 2.33. The van der Waals surface area contributed by atoms with Crippen molar-refractivity contribution < 1.29 is 35.9 Å². The molecule has 27 heavy (non-hydrogen) atoms. The first-order valence-electron chi connectivity index (χ1n) is 6.91. The van der Waals surface area contributed by atoms with Crippen LogP contribution in [0.3, 0.4) is 0 Å². The molecule has 0 aromatic carbocycles. The van der Waals surface area contributed by atoms with Crippen molar-refractivity contribution in [3.63, 3.8) is 0 Å². The molecule has 0 aliphatic carbocycles. The molecule has 0 saturated carbocycles. The molecule has 6 nitrogen and oxygen atoms in total. The second-order valence-corrected chi connectivity index (χ2v) is 5.74. The molecule has 2 N–H and O–H groups in total. The minimum Gasteiger partial charge on any atom is -0.468 e. The van der Waals surface area contributed by atoms with Crippen LogP contribution in [0.1, 0.15) is 5.56 Å². The van der Waals surface area contributed by atoms with Crippen molar-refractivity contribution in [2.24, 2.45) is 0 Å². The van der Waals surface area contributed by atoms with E-state index in [-0.39, 0.29) is 5.69 Å². The van der Waals surface area contributed by atoms with Crippen LogP contribution >= 0.6 is 15.9 Å². The summed E-state index contributed by atoms with van der Waals surface area (Å²) in [5.41, 5.74) is -1.12. The number of carbonyl (C=O) groups is 1. The molecule has 2 aromatic heterocycles. The van der Waals surface area contributed by atoms with Crippen LogP contribution in [0.25, 0.3) is 0 Å². The van der Waals surface area contributed by atoms with E-state index in [1.165, 1.54) is 18.3 Å². The number of hydrogen-bond acceptors (Lipinski definition) is 4. The average Bonchev–Trinajstić information content (AvgIpc) is 2.53. The number of rotatable bonds is 4. The number of nitrogens with one attached hydrogen (secondary N) is 2. The first-order valence-corrected chi connectivity index (χ1v) is 7.70. The highest BCUT2D eigenvalue weighted by molar-refractivity contribution is 9.10. The Morgan fingerprint density at radius 3 is 2.37 bits per heavy atom. The summed E-state index contributed by atoms with van der Waals surface area (Å²) in [5.74, 6) is -1.59. The molecule has 13 heteroatoms. The SMILES string of the molecule is O=C(Nc1ccc(Br)nc1)Nc1cc(C(F)(F)F)cc(OCC(F)(F)F)n1. The molecule has 0 spiro atoms. The molecule has 2 heterocycles. The summed E-state index contributed by atoms with van der Waals surface area (Å²) in [6.45, 7) is -1.84. The topological polar surface area (TPSA) is 76.1 Å². The van der Waals surface area contributed by atoms with Crippen LogP contribution < -0.4 is 15.4 Å². The Hall–Kier alpha value is -2.57. The molecule has 2 aromatic rings. The van der Waals surface area contributed by atoms with E-state index in [4.69, 9.17) is 0 Å². The van der Waals surface area contributed by atoms with Crippen LogP contribution in [0.4, 0.5) is 42.6 Å². The van der Waals surface area contributed by atoms with Gasteiger partial charge < -0.3 is 10.1 Å². The van der Waals surface area contributed by atoms with Gasteiger partial charge >= 0.3 is 18.4 Å². The van der Waals surface area contributed by atoms with Crippen molar-refractivity contribution in [2.75, 3.05) is 17.2 Å². The van der Waals surface area contributed by atoms with E-state index in [0.29, 0.717) is 16.7 Å². The number of anilines is 2. The fourth-order valence-electron chi connectivity index (χ4n) is 1.69. The zero-order chi connectivity index (χ0) is 20.2. The largest absolute Gasteiger partial charge is 0.468 e. The van der Waals surface area contributed by atoms with E-state index in [0.717, 1.165) is 0 Å². The van der Waals surface area contributed by atoms with Crippen molar-refractivity contribution in [3.05, 3.63) is 40.6 Å². The van der Waals surface area contributed by atoms with E-state index in [2.05, 4.69) is 36.0 Å². The number of nitrogens with zero attached hydrogens (tertiary/aromatic N) is 2. The van der Waals surface area contributed by atoms with E-state index >= 15 is 0 Å². The van der Waals surface area contributed by atoms with E-state index in [1.807, 2.05) is 5.32 Å². The third-order valence-electron chi connectivity index (χ3n) is 2.74. The lowest BCUT2D eigenvalue weighted by molar-refractivity contribution is -0.154. The normalized spacial score (nSPS) is 11.8. The second kappa shape index (κ2) is 7.98. The molecule has 0 saturated heterocycles. The van der Waals surface area contributed by atoms with Crippen molar-refractivity contribution in [3.8, 4) is 5.88 Å². The van der Waals surface area contributed by atoms with Crippen LogP contribution in [0.5, 0.6) is 5.88 Å². The molecule has 2 rings (SSSR count). The van der Waals surface area contributed by atoms with Crippen molar-refractivity contribution in [1.29, 1.82) is 0 Å². The number of halogens is 7. The lowest BCUT2D eigenvalue weighted by Crippen LogP contribution is -2.22. The molecule has 0 atom stereocenters. The predicted molar refractivity (Wildman–Crippen MR) is 85.4 cm³/mol. The molecule has 0 unspecified atom stereocenters. The van der Waals surface area contributed by atoms with Crippen molar-refractivity contribution in [2.45, 2.75) is 12.4 Å². The Morgan fingerprint density at radius 1 is 1.11 bits per heavy atom. The van der Waals surface area contributed by atoms with E-state index in [9.17, 15) is 31.1 Å². The maximum atomic E-state index is 12.9. The summed E-state index contributed by atoms with van der Waals surface area (Å²) < 4.78 is 80.0. The van der Waals surface area contributed by atoms with E-state index < -0.39 is 42.3 Å².